The number of likely N-dealkylation sites (N-methyl/N-ethyl adjacent to an activating group) is 1. The van der Waals surface area contributed by atoms with Gasteiger partial charge in [0.25, 0.3) is 5.91 Å². The zero-order valence-corrected chi connectivity index (χ0v) is 13.7. The minimum absolute atomic E-state index is 0.0894. The van der Waals surface area contributed by atoms with E-state index in [4.69, 9.17) is 9.47 Å². The van der Waals surface area contributed by atoms with Crippen LogP contribution >= 0.6 is 15.9 Å². The van der Waals surface area contributed by atoms with Crippen LogP contribution in [0.3, 0.4) is 0 Å². The van der Waals surface area contributed by atoms with Gasteiger partial charge in [0.1, 0.15) is 5.75 Å². The number of nitrogens with one attached hydrogen (secondary N) is 1. The van der Waals surface area contributed by atoms with E-state index in [9.17, 15) is 4.79 Å². The fourth-order valence-electron chi connectivity index (χ4n) is 1.63. The molecule has 0 radical (unpaired) electrons. The molecule has 1 aromatic carbocycles. The molecule has 0 bridgehead atoms. The van der Waals surface area contributed by atoms with Gasteiger partial charge in [0.05, 0.1) is 18.2 Å². The maximum absolute atomic E-state index is 12.0. The van der Waals surface area contributed by atoms with Crippen molar-refractivity contribution in [1.29, 1.82) is 0 Å². The molecule has 1 amide bonds. The number of carbonyl (C=O) groups excluding carboxylic acids is 1. The summed E-state index contributed by atoms with van der Waals surface area (Å²) in [5.41, 5.74) is 0.609. The van der Waals surface area contributed by atoms with Crippen molar-refractivity contribution >= 4 is 21.8 Å². The molecular formula is C14H21BrN2O3. The Morgan fingerprint density at radius 3 is 2.70 bits per heavy atom. The molecule has 5 nitrogen and oxygen atoms in total. The average Bonchev–Trinajstić information content (AvgIpc) is 2.44. The lowest BCUT2D eigenvalue weighted by atomic mass is 10.2. The van der Waals surface area contributed by atoms with Crippen LogP contribution in [0.4, 0.5) is 0 Å². The smallest absolute Gasteiger partial charge is 0.251 e. The summed E-state index contributed by atoms with van der Waals surface area (Å²) in [6, 6.07) is 5.26. The Labute approximate surface area is 128 Å². The van der Waals surface area contributed by atoms with Crippen molar-refractivity contribution in [3.05, 3.63) is 28.2 Å². The summed E-state index contributed by atoms with van der Waals surface area (Å²) < 4.78 is 10.9. The van der Waals surface area contributed by atoms with Gasteiger partial charge in [0.2, 0.25) is 0 Å². The van der Waals surface area contributed by atoms with E-state index < -0.39 is 0 Å². The van der Waals surface area contributed by atoms with Gasteiger partial charge in [-0.05, 0) is 41.2 Å². The number of rotatable bonds is 8. The number of carbonyl (C=O) groups is 1. The molecule has 20 heavy (non-hydrogen) atoms. The Kier molecular flexibility index (Phi) is 7.58. The Bertz CT molecular complexity index is 440. The van der Waals surface area contributed by atoms with E-state index in [0.717, 1.165) is 17.6 Å². The van der Waals surface area contributed by atoms with Gasteiger partial charge in [-0.3, -0.25) is 4.79 Å². The third kappa shape index (κ3) is 5.48. The zero-order valence-electron chi connectivity index (χ0n) is 12.1. The van der Waals surface area contributed by atoms with Crippen LogP contribution in [0.25, 0.3) is 0 Å². The highest BCUT2D eigenvalue weighted by atomic mass is 79.9. The fraction of sp³-hybridized carbons (Fsp3) is 0.500. The second-order valence-electron chi connectivity index (χ2n) is 4.40. The Morgan fingerprint density at radius 1 is 1.35 bits per heavy atom. The van der Waals surface area contributed by atoms with Crippen LogP contribution in [-0.2, 0) is 4.74 Å². The topological polar surface area (TPSA) is 50.8 Å². The van der Waals surface area contributed by atoms with E-state index in [1.54, 1.807) is 32.4 Å². The highest BCUT2D eigenvalue weighted by Crippen LogP contribution is 2.25. The van der Waals surface area contributed by atoms with Crippen LogP contribution in [0.1, 0.15) is 10.4 Å². The van der Waals surface area contributed by atoms with Gasteiger partial charge in [0, 0.05) is 32.3 Å². The third-order valence-corrected chi connectivity index (χ3v) is 3.49. The third-order valence-electron chi connectivity index (χ3n) is 2.87. The SMILES string of the molecule is COCCN(C)CCNC(=O)c1ccc(OC)c(Br)c1. The highest BCUT2D eigenvalue weighted by Gasteiger charge is 2.08. The van der Waals surface area contributed by atoms with E-state index in [2.05, 4.69) is 26.1 Å². The minimum atomic E-state index is -0.0894. The normalized spacial score (nSPS) is 10.7. The number of ether oxygens (including phenoxy) is 2. The van der Waals surface area contributed by atoms with Crippen molar-refractivity contribution in [2.45, 2.75) is 0 Å². The van der Waals surface area contributed by atoms with Gasteiger partial charge in [-0.2, -0.15) is 0 Å². The quantitative estimate of drug-likeness (QED) is 0.780. The van der Waals surface area contributed by atoms with Crippen LogP contribution in [0.5, 0.6) is 5.75 Å². The molecule has 0 aromatic heterocycles. The van der Waals surface area contributed by atoms with Gasteiger partial charge in [-0.25, -0.2) is 0 Å². The molecule has 112 valence electrons. The molecule has 0 heterocycles. The summed E-state index contributed by atoms with van der Waals surface area (Å²) in [5, 5.41) is 2.89. The molecule has 0 atom stereocenters. The zero-order chi connectivity index (χ0) is 15.0. The lowest BCUT2D eigenvalue weighted by molar-refractivity contribution is 0.0947. The van der Waals surface area contributed by atoms with Crippen LogP contribution in [0.2, 0.25) is 0 Å². The Morgan fingerprint density at radius 2 is 2.10 bits per heavy atom. The number of benzene rings is 1. The van der Waals surface area contributed by atoms with E-state index in [0.29, 0.717) is 24.5 Å². The Balaban J connectivity index is 2.41. The average molecular weight is 345 g/mol. The minimum Gasteiger partial charge on any atom is -0.496 e. The molecule has 1 rings (SSSR count). The molecule has 0 fully saturated rings. The summed E-state index contributed by atoms with van der Waals surface area (Å²) in [6.07, 6.45) is 0. The van der Waals surface area contributed by atoms with Gasteiger partial charge in [0.15, 0.2) is 0 Å². The predicted molar refractivity (Wildman–Crippen MR) is 82.4 cm³/mol. The first-order valence-electron chi connectivity index (χ1n) is 6.37. The van der Waals surface area contributed by atoms with Crippen LogP contribution in [-0.4, -0.2) is 58.3 Å². The Hall–Kier alpha value is -1.11. The molecule has 0 aliphatic heterocycles. The summed E-state index contributed by atoms with van der Waals surface area (Å²) in [7, 11) is 5.27. The van der Waals surface area contributed by atoms with Crippen LogP contribution in [0.15, 0.2) is 22.7 Å². The fourth-order valence-corrected chi connectivity index (χ4v) is 2.17. The van der Waals surface area contributed by atoms with Crippen molar-refractivity contribution in [2.24, 2.45) is 0 Å². The van der Waals surface area contributed by atoms with E-state index >= 15 is 0 Å². The monoisotopic (exact) mass is 344 g/mol. The van der Waals surface area contributed by atoms with E-state index in [1.807, 2.05) is 7.05 Å². The first kappa shape index (κ1) is 16.9. The van der Waals surface area contributed by atoms with Gasteiger partial charge >= 0.3 is 0 Å². The molecular weight excluding hydrogens is 324 g/mol. The van der Waals surface area contributed by atoms with Gasteiger partial charge < -0.3 is 19.7 Å². The second kappa shape index (κ2) is 8.94. The van der Waals surface area contributed by atoms with Crippen molar-refractivity contribution in [1.82, 2.24) is 10.2 Å². The van der Waals surface area contributed by atoms with Crippen molar-refractivity contribution in [3.8, 4) is 5.75 Å². The molecule has 0 saturated heterocycles. The maximum atomic E-state index is 12.0. The van der Waals surface area contributed by atoms with Crippen LogP contribution < -0.4 is 10.1 Å². The highest BCUT2D eigenvalue weighted by molar-refractivity contribution is 9.10. The number of amides is 1. The summed E-state index contributed by atoms with van der Waals surface area (Å²) in [6.45, 7) is 2.92. The lowest BCUT2D eigenvalue weighted by Gasteiger charge is -2.16. The number of hydrogen-bond acceptors (Lipinski definition) is 4. The lowest BCUT2D eigenvalue weighted by Crippen LogP contribution is -2.34. The summed E-state index contributed by atoms with van der Waals surface area (Å²) in [4.78, 5) is 14.1. The molecule has 6 heteroatoms. The summed E-state index contributed by atoms with van der Waals surface area (Å²) in [5.74, 6) is 0.620. The number of hydrogen-bond donors (Lipinski definition) is 1. The first-order valence-corrected chi connectivity index (χ1v) is 7.17. The first-order chi connectivity index (χ1) is 9.58. The summed E-state index contributed by atoms with van der Waals surface area (Å²) >= 11 is 3.37. The largest absolute Gasteiger partial charge is 0.496 e. The second-order valence-corrected chi connectivity index (χ2v) is 5.26. The standard InChI is InChI=1S/C14H21BrN2O3/c1-17(8-9-19-2)7-6-16-14(18)11-4-5-13(20-3)12(15)10-11/h4-5,10H,6-9H2,1-3H3,(H,16,18). The molecule has 0 saturated carbocycles. The van der Waals surface area contributed by atoms with E-state index in [-0.39, 0.29) is 5.91 Å². The van der Waals surface area contributed by atoms with E-state index in [1.165, 1.54) is 0 Å². The molecule has 1 aromatic rings. The molecule has 0 unspecified atom stereocenters. The van der Waals surface area contributed by atoms with Crippen molar-refractivity contribution in [3.63, 3.8) is 0 Å². The van der Waals surface area contributed by atoms with Crippen LogP contribution in [0, 0.1) is 0 Å². The van der Waals surface area contributed by atoms with Gasteiger partial charge in [-0.15, -0.1) is 0 Å². The molecule has 0 aliphatic rings. The molecule has 1 N–H and O–H groups in total. The maximum Gasteiger partial charge on any atom is 0.251 e. The van der Waals surface area contributed by atoms with Crippen molar-refractivity contribution in [2.75, 3.05) is 47.5 Å². The number of nitrogens with zero attached hydrogens (tertiary/aromatic N) is 1. The molecule has 0 spiro atoms. The predicted octanol–water partition coefficient (Wildman–Crippen LogP) is 1.77. The number of halogens is 1. The van der Waals surface area contributed by atoms with Gasteiger partial charge in [-0.1, -0.05) is 0 Å². The number of methoxy groups -OCH3 is 2. The molecule has 0 aliphatic carbocycles. The van der Waals surface area contributed by atoms with Crippen molar-refractivity contribution < 1.29 is 14.3 Å².